The number of nitrogens with zero attached hydrogens (tertiary/aromatic N) is 3. The van der Waals surface area contributed by atoms with Crippen LogP contribution in [0, 0.1) is 23.4 Å². The van der Waals surface area contributed by atoms with E-state index in [1.165, 1.54) is 30.0 Å². The lowest BCUT2D eigenvalue weighted by atomic mass is 9.83. The Hall–Kier alpha value is -6.63. The van der Waals surface area contributed by atoms with E-state index in [4.69, 9.17) is 5.73 Å². The average Bonchev–Trinajstić information content (AvgIpc) is 3.84. The number of carbonyl (C=O) groups excluding carboxylic acids is 6. The monoisotopic (exact) mass is 937 g/mol. The van der Waals surface area contributed by atoms with Crippen molar-refractivity contribution in [1.82, 2.24) is 25.8 Å². The molecule has 0 saturated carbocycles. The van der Waals surface area contributed by atoms with Crippen molar-refractivity contribution < 1.29 is 41.9 Å². The maximum Gasteiger partial charge on any atom is 0.252 e. The number of benzene rings is 4. The summed E-state index contributed by atoms with van der Waals surface area (Å²) < 4.78 is 43.3. The fourth-order valence-corrected chi connectivity index (χ4v) is 9.07. The van der Waals surface area contributed by atoms with Gasteiger partial charge in [-0.15, -0.1) is 0 Å². The molecule has 68 heavy (non-hydrogen) atoms. The highest BCUT2D eigenvalue weighted by molar-refractivity contribution is 6.05. The second-order valence-corrected chi connectivity index (χ2v) is 18.3. The number of fused-ring (bicyclic) bond motifs is 2. The third-order valence-electron chi connectivity index (χ3n) is 13.1. The summed E-state index contributed by atoms with van der Waals surface area (Å²) in [4.78, 5) is 88.0. The van der Waals surface area contributed by atoms with Crippen LogP contribution in [0.4, 0.5) is 30.2 Å². The molecule has 1 fully saturated rings. The van der Waals surface area contributed by atoms with Gasteiger partial charge in [0.2, 0.25) is 29.5 Å². The zero-order valence-corrected chi connectivity index (χ0v) is 38.8. The SMILES string of the molecule is CC[C@H](C)C(NC(=O)[C@H](C)N)C(=O)N1Cc2ccc(NC(=O)CNC(=O)[C@]3(C)CN(C(=O)CN4CCNC(C)C4)c4cc(Cc5ccc(F)cc5)ccc43)cc2C1C(=O)Nc1c(F)cccc1F. The molecule has 7 N–H and O–H groups in total. The zero-order valence-electron chi connectivity index (χ0n) is 38.8. The number of hydrogen-bond donors (Lipinski definition) is 6. The molecule has 4 aromatic rings. The molecule has 360 valence electrons. The topological polar surface area (TPSA) is 198 Å². The molecule has 4 aromatic carbocycles. The maximum atomic E-state index is 14.8. The second-order valence-electron chi connectivity index (χ2n) is 18.3. The summed E-state index contributed by atoms with van der Waals surface area (Å²) in [6.45, 7) is 10.5. The predicted octanol–water partition coefficient (Wildman–Crippen LogP) is 4.25. The number of nitrogens with one attached hydrogen (secondary N) is 5. The van der Waals surface area contributed by atoms with Crippen molar-refractivity contribution in [3.8, 4) is 0 Å². The number of amides is 6. The van der Waals surface area contributed by atoms with Gasteiger partial charge in [-0.05, 0) is 103 Å². The first kappa shape index (κ1) is 49.3. The number of para-hydroxylation sites is 1. The van der Waals surface area contributed by atoms with E-state index in [1.54, 1.807) is 43.0 Å². The van der Waals surface area contributed by atoms with Gasteiger partial charge in [0, 0.05) is 50.1 Å². The summed E-state index contributed by atoms with van der Waals surface area (Å²) in [7, 11) is 0. The van der Waals surface area contributed by atoms with Gasteiger partial charge >= 0.3 is 0 Å². The molecule has 3 heterocycles. The van der Waals surface area contributed by atoms with Crippen LogP contribution in [-0.4, -0.2) is 103 Å². The molecule has 0 spiro atoms. The third kappa shape index (κ3) is 10.7. The third-order valence-corrected chi connectivity index (χ3v) is 13.1. The van der Waals surface area contributed by atoms with Crippen molar-refractivity contribution in [2.24, 2.45) is 11.7 Å². The minimum atomic E-state index is -1.45. The van der Waals surface area contributed by atoms with Gasteiger partial charge in [0.25, 0.3) is 5.91 Å². The van der Waals surface area contributed by atoms with Crippen LogP contribution in [0.3, 0.4) is 0 Å². The Kier molecular flexibility index (Phi) is 15.0. The number of nitrogens with two attached hydrogens (primary N) is 1. The molecular weight excluding hydrogens is 880 g/mol. The van der Waals surface area contributed by atoms with Gasteiger partial charge in [-0.1, -0.05) is 56.7 Å². The van der Waals surface area contributed by atoms with Gasteiger partial charge in [0.15, 0.2) is 0 Å². The Morgan fingerprint density at radius 1 is 0.912 bits per heavy atom. The van der Waals surface area contributed by atoms with E-state index in [-0.39, 0.29) is 48.7 Å². The summed E-state index contributed by atoms with van der Waals surface area (Å²) in [5.41, 5.74) is 7.70. The molecular formula is C50H58F3N9O6. The van der Waals surface area contributed by atoms with Gasteiger partial charge in [0.05, 0.1) is 24.5 Å². The maximum absolute atomic E-state index is 14.8. The zero-order chi connectivity index (χ0) is 49.0. The highest BCUT2D eigenvalue weighted by Gasteiger charge is 2.47. The average molecular weight is 938 g/mol. The number of halogens is 3. The normalized spacial score (nSPS) is 20.1. The highest BCUT2D eigenvalue weighted by atomic mass is 19.1. The summed E-state index contributed by atoms with van der Waals surface area (Å²) in [6, 6.07) is 16.2. The van der Waals surface area contributed by atoms with E-state index < -0.39 is 82.9 Å². The Morgan fingerprint density at radius 3 is 2.29 bits per heavy atom. The molecule has 15 nitrogen and oxygen atoms in total. The van der Waals surface area contributed by atoms with Crippen molar-refractivity contribution in [2.45, 2.75) is 83.6 Å². The minimum absolute atomic E-state index is 0.0172. The molecule has 3 aliphatic rings. The molecule has 7 rings (SSSR count). The number of hydrogen-bond acceptors (Lipinski definition) is 9. The molecule has 0 radical (unpaired) electrons. The van der Waals surface area contributed by atoms with Crippen molar-refractivity contribution >= 4 is 52.5 Å². The number of rotatable bonds is 15. The fourth-order valence-electron chi connectivity index (χ4n) is 9.07. The van der Waals surface area contributed by atoms with E-state index in [9.17, 15) is 41.9 Å². The van der Waals surface area contributed by atoms with E-state index in [0.717, 1.165) is 35.9 Å². The van der Waals surface area contributed by atoms with Gasteiger partial charge in [-0.25, -0.2) is 13.2 Å². The number of anilines is 3. The quantitative estimate of drug-likeness (QED) is 0.101. The predicted molar refractivity (Wildman–Crippen MR) is 251 cm³/mol. The van der Waals surface area contributed by atoms with Gasteiger partial charge in [-0.2, -0.15) is 0 Å². The van der Waals surface area contributed by atoms with Gasteiger partial charge in [-0.3, -0.25) is 33.7 Å². The molecule has 6 amide bonds. The van der Waals surface area contributed by atoms with Crippen LogP contribution in [0.2, 0.25) is 0 Å². The molecule has 6 atom stereocenters. The van der Waals surface area contributed by atoms with Crippen molar-refractivity contribution in [1.29, 1.82) is 0 Å². The Morgan fingerprint density at radius 2 is 1.62 bits per heavy atom. The summed E-state index contributed by atoms with van der Waals surface area (Å²) in [5, 5.41) is 13.9. The Labute approximate surface area is 393 Å². The first-order valence-electron chi connectivity index (χ1n) is 22.8. The lowest BCUT2D eigenvalue weighted by Crippen LogP contribution is -2.55. The second kappa shape index (κ2) is 20.7. The minimum Gasteiger partial charge on any atom is -0.346 e. The highest BCUT2D eigenvalue weighted by Crippen LogP contribution is 2.42. The van der Waals surface area contributed by atoms with Gasteiger partial charge < -0.3 is 42.1 Å². The Balaban J connectivity index is 1.10. The summed E-state index contributed by atoms with van der Waals surface area (Å²) >= 11 is 0. The van der Waals surface area contributed by atoms with E-state index in [0.29, 0.717) is 42.7 Å². The lowest BCUT2D eigenvalue weighted by Gasteiger charge is -2.32. The number of carbonyl (C=O) groups is 6. The molecule has 0 aromatic heterocycles. The van der Waals surface area contributed by atoms with E-state index in [2.05, 4.69) is 38.4 Å². The lowest BCUT2D eigenvalue weighted by molar-refractivity contribution is -0.143. The number of piperazine rings is 1. The van der Waals surface area contributed by atoms with Crippen LogP contribution in [0.5, 0.6) is 0 Å². The standard InChI is InChI=1S/C50H58F3N9O6/c1-6-28(2)43(58-46(65)30(4)54)48(67)61-25-33-13-16-35(22-36(33)45(61)47(66)59-44-38(52)8-7-9-39(44)53)57-41(63)23-56-49(68)50(5)27-62(42(64)26-60-19-18-55-29(3)24-60)40-21-32(12-17-37(40)50)20-31-10-14-34(51)15-11-31/h7-17,21-22,28-30,43,45,55H,6,18-20,23-27,54H2,1-5H3,(H,56,68)(H,57,63)(H,58,65)(H,59,66)/t28-,29?,30-,43?,45?,50+/m0/s1. The molecule has 3 aliphatic heterocycles. The first-order chi connectivity index (χ1) is 32.4. The molecule has 18 heteroatoms. The van der Waals surface area contributed by atoms with Crippen LogP contribution < -0.4 is 37.2 Å². The van der Waals surface area contributed by atoms with E-state index >= 15 is 0 Å². The van der Waals surface area contributed by atoms with Gasteiger partial charge in [0.1, 0.15) is 35.2 Å². The van der Waals surface area contributed by atoms with E-state index in [1.807, 2.05) is 25.1 Å². The molecule has 0 aliphatic carbocycles. The molecule has 0 bridgehead atoms. The summed E-state index contributed by atoms with van der Waals surface area (Å²) in [5.74, 6) is -6.30. The van der Waals surface area contributed by atoms with Crippen LogP contribution in [0.15, 0.2) is 78.9 Å². The molecule has 3 unspecified atom stereocenters. The first-order valence-corrected chi connectivity index (χ1v) is 22.8. The van der Waals surface area contributed by atoms with Crippen LogP contribution in [0.25, 0.3) is 0 Å². The summed E-state index contributed by atoms with van der Waals surface area (Å²) in [6.07, 6.45) is 0.935. The smallest absolute Gasteiger partial charge is 0.252 e. The fraction of sp³-hybridized carbons (Fsp3) is 0.400. The van der Waals surface area contributed by atoms with Crippen LogP contribution in [0.1, 0.15) is 74.9 Å². The van der Waals surface area contributed by atoms with Crippen molar-refractivity contribution in [2.75, 3.05) is 54.8 Å². The van der Waals surface area contributed by atoms with Crippen molar-refractivity contribution in [3.05, 3.63) is 124 Å². The van der Waals surface area contributed by atoms with Crippen molar-refractivity contribution in [3.63, 3.8) is 0 Å². The van der Waals surface area contributed by atoms with Crippen LogP contribution >= 0.6 is 0 Å². The largest absolute Gasteiger partial charge is 0.346 e. The Bertz CT molecular complexity index is 2580. The molecule has 1 saturated heterocycles. The van der Waals surface area contributed by atoms with Crippen LogP contribution in [-0.2, 0) is 47.1 Å².